The fourth-order valence-electron chi connectivity index (χ4n) is 2.89. The van der Waals surface area contributed by atoms with Crippen molar-refractivity contribution in [3.8, 4) is 5.75 Å². The fraction of sp³-hybridized carbons (Fsp3) is 0.556. The molecule has 1 aliphatic rings. The van der Waals surface area contributed by atoms with E-state index in [9.17, 15) is 18.0 Å². The molecule has 2 rings (SSSR count). The summed E-state index contributed by atoms with van der Waals surface area (Å²) in [6, 6.07) is 3.94. The summed E-state index contributed by atoms with van der Waals surface area (Å²) < 4.78 is 41.7. The Hall–Kier alpha value is -2.17. The van der Waals surface area contributed by atoms with Crippen LogP contribution in [0.25, 0.3) is 0 Å². The van der Waals surface area contributed by atoms with E-state index in [0.717, 1.165) is 4.31 Å². The molecule has 0 N–H and O–H groups in total. The van der Waals surface area contributed by atoms with Crippen LogP contribution in [-0.2, 0) is 24.3 Å². The molecule has 0 unspecified atom stereocenters. The van der Waals surface area contributed by atoms with E-state index in [4.69, 9.17) is 14.2 Å². The predicted octanol–water partition coefficient (Wildman–Crippen LogP) is 0.738. The van der Waals surface area contributed by atoms with Gasteiger partial charge in [0.25, 0.3) is 5.91 Å². The third-order valence-electron chi connectivity index (χ3n) is 4.26. The smallest absolute Gasteiger partial charge is 0.338 e. The van der Waals surface area contributed by atoms with Gasteiger partial charge in [0.15, 0.2) is 6.61 Å². The fourth-order valence-corrected chi connectivity index (χ4v) is 3.96. The molecule has 9 nitrogen and oxygen atoms in total. The minimum absolute atomic E-state index is 0.0118. The Kier molecular flexibility index (Phi) is 7.02. The van der Waals surface area contributed by atoms with Gasteiger partial charge in [-0.05, 0) is 32.0 Å². The maximum absolute atomic E-state index is 12.4. The Bertz CT molecular complexity index is 828. The molecular weight excluding hydrogens is 388 g/mol. The zero-order valence-corrected chi connectivity index (χ0v) is 17.5. The molecule has 1 amide bonds. The largest absolute Gasteiger partial charge is 0.495 e. The second-order valence-electron chi connectivity index (χ2n) is 6.79. The summed E-state index contributed by atoms with van der Waals surface area (Å²) in [5.74, 6) is -1.01. The van der Waals surface area contributed by atoms with E-state index in [-0.39, 0.29) is 34.3 Å². The van der Waals surface area contributed by atoms with Gasteiger partial charge in [0.1, 0.15) is 10.6 Å². The number of sulfonamides is 1. The summed E-state index contributed by atoms with van der Waals surface area (Å²) >= 11 is 0. The van der Waals surface area contributed by atoms with Crippen LogP contribution in [0.5, 0.6) is 5.75 Å². The molecule has 1 aromatic carbocycles. The van der Waals surface area contributed by atoms with Gasteiger partial charge >= 0.3 is 5.97 Å². The first-order chi connectivity index (χ1) is 13.1. The monoisotopic (exact) mass is 414 g/mol. The number of benzene rings is 1. The summed E-state index contributed by atoms with van der Waals surface area (Å²) in [4.78, 5) is 26.1. The van der Waals surface area contributed by atoms with Gasteiger partial charge in [-0.2, -0.15) is 0 Å². The van der Waals surface area contributed by atoms with Crippen LogP contribution in [0.3, 0.4) is 0 Å². The zero-order valence-electron chi connectivity index (χ0n) is 16.7. The summed E-state index contributed by atoms with van der Waals surface area (Å²) in [5, 5.41) is 0. The Labute approximate surface area is 165 Å². The molecule has 1 fully saturated rings. The first-order valence-electron chi connectivity index (χ1n) is 8.77. The van der Waals surface area contributed by atoms with Crippen molar-refractivity contribution in [1.29, 1.82) is 0 Å². The van der Waals surface area contributed by atoms with E-state index in [1.807, 2.05) is 13.8 Å². The maximum atomic E-state index is 12.4. The summed E-state index contributed by atoms with van der Waals surface area (Å²) in [5.41, 5.74) is 0.0118. The second-order valence-corrected chi connectivity index (χ2v) is 8.91. The van der Waals surface area contributed by atoms with Crippen molar-refractivity contribution in [2.75, 3.05) is 40.9 Å². The lowest BCUT2D eigenvalue weighted by Gasteiger charge is -2.35. The van der Waals surface area contributed by atoms with Crippen LogP contribution < -0.4 is 4.74 Å². The molecule has 0 aromatic heterocycles. The number of carbonyl (C=O) groups is 2. The number of hydrogen-bond acceptors (Lipinski definition) is 7. The molecule has 0 radical (unpaired) electrons. The van der Waals surface area contributed by atoms with Gasteiger partial charge in [0, 0.05) is 27.2 Å². The van der Waals surface area contributed by atoms with E-state index in [1.165, 1.54) is 39.4 Å². The van der Waals surface area contributed by atoms with Gasteiger partial charge in [-0.3, -0.25) is 4.79 Å². The van der Waals surface area contributed by atoms with Crippen molar-refractivity contribution in [2.24, 2.45) is 0 Å². The molecule has 1 heterocycles. The number of amides is 1. The maximum Gasteiger partial charge on any atom is 0.338 e. The lowest BCUT2D eigenvalue weighted by molar-refractivity contribution is -0.146. The number of ether oxygens (including phenoxy) is 3. The minimum Gasteiger partial charge on any atom is -0.495 e. The molecular formula is C18H26N2O7S. The highest BCUT2D eigenvalue weighted by atomic mass is 32.2. The van der Waals surface area contributed by atoms with Gasteiger partial charge in [-0.1, -0.05) is 0 Å². The Morgan fingerprint density at radius 1 is 1.21 bits per heavy atom. The van der Waals surface area contributed by atoms with Gasteiger partial charge < -0.3 is 19.1 Å². The van der Waals surface area contributed by atoms with Crippen LogP contribution in [0.2, 0.25) is 0 Å². The molecule has 1 saturated heterocycles. The normalized spacial score (nSPS) is 20.1. The average Bonchev–Trinajstić information content (AvgIpc) is 2.64. The van der Waals surface area contributed by atoms with Crippen molar-refractivity contribution in [3.05, 3.63) is 23.8 Å². The molecule has 2 atom stereocenters. The van der Waals surface area contributed by atoms with Crippen LogP contribution in [0.15, 0.2) is 23.1 Å². The molecule has 1 aliphatic heterocycles. The van der Waals surface area contributed by atoms with E-state index >= 15 is 0 Å². The predicted molar refractivity (Wildman–Crippen MR) is 101 cm³/mol. The number of esters is 1. The van der Waals surface area contributed by atoms with E-state index in [1.54, 1.807) is 4.90 Å². The van der Waals surface area contributed by atoms with Crippen LogP contribution in [0.4, 0.5) is 0 Å². The standard InChI is InChI=1S/C18H26N2O7S/c1-12-9-20(10-13(2)27-12)17(21)11-26-18(22)14-6-7-15(25-5)16(8-14)28(23,24)19(3)4/h6-8,12-13H,9-11H2,1-5H3/t12-,13-/m0/s1. The van der Waals surface area contributed by atoms with Crippen LogP contribution in [0.1, 0.15) is 24.2 Å². The van der Waals surface area contributed by atoms with Crippen molar-refractivity contribution in [3.63, 3.8) is 0 Å². The first-order valence-corrected chi connectivity index (χ1v) is 10.2. The molecule has 0 bridgehead atoms. The van der Waals surface area contributed by atoms with Gasteiger partial charge in [0.2, 0.25) is 10.0 Å². The van der Waals surface area contributed by atoms with Crippen LogP contribution in [-0.4, -0.2) is 82.6 Å². The number of nitrogens with zero attached hydrogens (tertiary/aromatic N) is 2. The third kappa shape index (κ3) is 5.00. The molecule has 0 saturated carbocycles. The van der Waals surface area contributed by atoms with Gasteiger partial charge in [-0.25, -0.2) is 17.5 Å². The highest BCUT2D eigenvalue weighted by molar-refractivity contribution is 7.89. The van der Waals surface area contributed by atoms with E-state index < -0.39 is 22.6 Å². The molecule has 28 heavy (non-hydrogen) atoms. The number of methoxy groups -OCH3 is 1. The van der Waals surface area contributed by atoms with Gasteiger partial charge in [0.05, 0.1) is 24.9 Å². The first kappa shape index (κ1) is 22.1. The summed E-state index contributed by atoms with van der Waals surface area (Å²) in [7, 11) is 0.269. The van der Waals surface area contributed by atoms with Gasteiger partial charge in [-0.15, -0.1) is 0 Å². The Morgan fingerprint density at radius 3 is 2.36 bits per heavy atom. The van der Waals surface area contributed by atoms with Crippen molar-refractivity contribution in [2.45, 2.75) is 31.0 Å². The number of rotatable bonds is 6. The van der Waals surface area contributed by atoms with Crippen LogP contribution in [0, 0.1) is 0 Å². The Morgan fingerprint density at radius 2 is 1.82 bits per heavy atom. The van der Waals surface area contributed by atoms with E-state index in [2.05, 4.69) is 0 Å². The quantitative estimate of drug-likeness (QED) is 0.633. The average molecular weight is 414 g/mol. The van der Waals surface area contributed by atoms with Crippen molar-refractivity contribution in [1.82, 2.24) is 9.21 Å². The van der Waals surface area contributed by atoms with Crippen molar-refractivity contribution < 1.29 is 32.2 Å². The molecule has 156 valence electrons. The summed E-state index contributed by atoms with van der Waals surface area (Å²) in [6.45, 7) is 4.15. The lowest BCUT2D eigenvalue weighted by Crippen LogP contribution is -2.49. The topological polar surface area (TPSA) is 102 Å². The number of carbonyl (C=O) groups excluding carboxylic acids is 2. The Balaban J connectivity index is 2.11. The third-order valence-corrected chi connectivity index (χ3v) is 6.09. The highest BCUT2D eigenvalue weighted by Gasteiger charge is 2.27. The summed E-state index contributed by atoms with van der Waals surface area (Å²) in [6.07, 6.45) is -0.187. The van der Waals surface area contributed by atoms with Crippen LogP contribution >= 0.6 is 0 Å². The molecule has 10 heteroatoms. The minimum atomic E-state index is -3.82. The SMILES string of the molecule is COc1ccc(C(=O)OCC(=O)N2C[C@H](C)O[C@@H](C)C2)cc1S(=O)(=O)N(C)C. The molecule has 1 aromatic rings. The zero-order chi connectivity index (χ0) is 21.1. The van der Waals surface area contributed by atoms with E-state index in [0.29, 0.717) is 13.1 Å². The molecule has 0 aliphatic carbocycles. The second kappa shape index (κ2) is 8.89. The lowest BCUT2D eigenvalue weighted by atomic mass is 10.2. The molecule has 0 spiro atoms. The number of hydrogen-bond donors (Lipinski definition) is 0. The number of morpholine rings is 1. The van der Waals surface area contributed by atoms with Crippen molar-refractivity contribution >= 4 is 21.9 Å². The highest BCUT2D eigenvalue weighted by Crippen LogP contribution is 2.27.